The Bertz CT molecular complexity index is 738. The van der Waals surface area contributed by atoms with Crippen LogP contribution in [0.25, 0.3) is 0 Å². The van der Waals surface area contributed by atoms with Gasteiger partial charge in [-0.25, -0.2) is 4.98 Å². The molecular weight excluding hydrogens is 312 g/mol. The third-order valence-corrected chi connectivity index (χ3v) is 4.31. The van der Waals surface area contributed by atoms with Gasteiger partial charge in [-0.1, -0.05) is 6.92 Å². The van der Waals surface area contributed by atoms with Gasteiger partial charge in [-0.3, -0.25) is 4.98 Å². The van der Waals surface area contributed by atoms with Crippen LogP contribution in [0.1, 0.15) is 18.9 Å². The van der Waals surface area contributed by atoms with E-state index < -0.39 is 0 Å². The molecule has 6 nitrogen and oxygen atoms in total. The van der Waals surface area contributed by atoms with E-state index in [2.05, 4.69) is 27.1 Å². The summed E-state index contributed by atoms with van der Waals surface area (Å²) in [6.07, 6.45) is 8.07. The number of nitrogens with zero attached hydrogens (tertiary/aromatic N) is 3. The zero-order valence-electron chi connectivity index (χ0n) is 14.4. The number of allylic oxidation sites excluding steroid dienone is 1. The fourth-order valence-electron chi connectivity index (χ4n) is 2.87. The minimum Gasteiger partial charge on any atom is -0.401 e. The minimum atomic E-state index is 0.364. The van der Waals surface area contributed by atoms with Gasteiger partial charge in [-0.15, -0.1) is 0 Å². The van der Waals surface area contributed by atoms with Crippen molar-refractivity contribution in [3.63, 3.8) is 0 Å². The monoisotopic (exact) mass is 336 g/mol. The number of nitrogens with two attached hydrogens (primary N) is 1. The summed E-state index contributed by atoms with van der Waals surface area (Å²) in [4.78, 5) is 10.8. The number of anilines is 2. The first-order chi connectivity index (χ1) is 12.1. The first-order valence-electron chi connectivity index (χ1n) is 8.51. The summed E-state index contributed by atoms with van der Waals surface area (Å²) in [6.45, 7) is 4.84. The lowest BCUT2D eigenvalue weighted by molar-refractivity contribution is 0.659. The third-order valence-electron chi connectivity index (χ3n) is 4.31. The lowest BCUT2D eigenvalue weighted by atomic mass is 10.1. The lowest BCUT2D eigenvalue weighted by Crippen LogP contribution is -2.20. The largest absolute Gasteiger partial charge is 0.401 e. The molecule has 0 unspecified atom stereocenters. The number of aromatic nitrogens is 2. The van der Waals surface area contributed by atoms with Crippen LogP contribution in [-0.4, -0.2) is 35.3 Å². The van der Waals surface area contributed by atoms with E-state index in [9.17, 15) is 0 Å². The Labute approximate surface area is 148 Å². The van der Waals surface area contributed by atoms with Gasteiger partial charge in [0.15, 0.2) is 0 Å². The van der Waals surface area contributed by atoms with Crippen LogP contribution < -0.4 is 16.0 Å². The van der Waals surface area contributed by atoms with Gasteiger partial charge < -0.3 is 21.4 Å². The Hall–Kier alpha value is -2.89. The quantitative estimate of drug-likeness (QED) is 0.706. The zero-order valence-corrected chi connectivity index (χ0v) is 14.4. The molecule has 25 heavy (non-hydrogen) atoms. The van der Waals surface area contributed by atoms with Crippen LogP contribution >= 0.6 is 0 Å². The standard InChI is InChI=1S/C19H24N6/c1-14-6-9-25(13-14)19-3-2-15(11-24-19)18(21)10-16(20)12-23-17-4-7-22-8-5-17/h2-5,7-8,10-11,14,21H,6,9,12-13,20H2,1H3,(H,22,23)/b16-10-,21-18?/t14-/m0/s1. The van der Waals surface area contributed by atoms with Crippen molar-refractivity contribution in [1.82, 2.24) is 9.97 Å². The maximum absolute atomic E-state index is 8.21. The highest BCUT2D eigenvalue weighted by Gasteiger charge is 2.19. The normalized spacial score (nSPS) is 17.6. The second-order valence-corrected chi connectivity index (χ2v) is 6.47. The molecule has 1 aliphatic rings. The molecule has 4 N–H and O–H groups in total. The molecule has 0 bridgehead atoms. The molecule has 0 aliphatic carbocycles. The summed E-state index contributed by atoms with van der Waals surface area (Å²) in [6, 6.07) is 7.68. The Balaban J connectivity index is 1.58. The fourth-order valence-corrected chi connectivity index (χ4v) is 2.87. The summed E-state index contributed by atoms with van der Waals surface area (Å²) in [5, 5.41) is 11.4. The van der Waals surface area contributed by atoms with Gasteiger partial charge in [0.25, 0.3) is 0 Å². The summed E-state index contributed by atoms with van der Waals surface area (Å²) < 4.78 is 0. The highest BCUT2D eigenvalue weighted by Crippen LogP contribution is 2.21. The average molecular weight is 336 g/mol. The molecule has 6 heteroatoms. The van der Waals surface area contributed by atoms with Crippen LogP contribution in [0.5, 0.6) is 0 Å². The number of pyridine rings is 2. The van der Waals surface area contributed by atoms with E-state index in [0.717, 1.165) is 36.1 Å². The smallest absolute Gasteiger partial charge is 0.128 e. The summed E-state index contributed by atoms with van der Waals surface area (Å²) in [5.74, 6) is 1.70. The van der Waals surface area contributed by atoms with Crippen molar-refractivity contribution in [2.24, 2.45) is 11.7 Å². The Kier molecular flexibility index (Phi) is 5.28. The van der Waals surface area contributed by atoms with Crippen LogP contribution in [0.4, 0.5) is 11.5 Å². The minimum absolute atomic E-state index is 0.364. The first kappa shape index (κ1) is 17.0. The molecule has 3 rings (SSSR count). The average Bonchev–Trinajstić information content (AvgIpc) is 3.07. The van der Waals surface area contributed by atoms with Crippen molar-refractivity contribution in [2.75, 3.05) is 29.9 Å². The molecule has 0 saturated carbocycles. The van der Waals surface area contributed by atoms with E-state index >= 15 is 0 Å². The molecule has 3 heterocycles. The number of nitrogens with one attached hydrogen (secondary N) is 2. The molecular formula is C19H24N6. The second kappa shape index (κ2) is 7.79. The second-order valence-electron chi connectivity index (χ2n) is 6.47. The van der Waals surface area contributed by atoms with Crippen molar-refractivity contribution in [3.8, 4) is 0 Å². The van der Waals surface area contributed by atoms with Gasteiger partial charge in [0.05, 0.1) is 12.3 Å². The number of hydrogen-bond donors (Lipinski definition) is 3. The van der Waals surface area contributed by atoms with E-state index in [1.165, 1.54) is 6.42 Å². The van der Waals surface area contributed by atoms with Gasteiger partial charge in [0.2, 0.25) is 0 Å². The van der Waals surface area contributed by atoms with Crippen molar-refractivity contribution < 1.29 is 0 Å². The van der Waals surface area contributed by atoms with E-state index in [4.69, 9.17) is 11.1 Å². The topological polar surface area (TPSA) is 90.9 Å². The highest BCUT2D eigenvalue weighted by atomic mass is 15.2. The molecule has 0 radical (unpaired) electrons. The van der Waals surface area contributed by atoms with Crippen molar-refractivity contribution >= 4 is 17.2 Å². The van der Waals surface area contributed by atoms with Gasteiger partial charge >= 0.3 is 0 Å². The van der Waals surface area contributed by atoms with E-state index in [-0.39, 0.29) is 0 Å². The maximum Gasteiger partial charge on any atom is 0.128 e. The Morgan fingerprint density at radius 1 is 1.36 bits per heavy atom. The molecule has 0 amide bonds. The highest BCUT2D eigenvalue weighted by molar-refractivity contribution is 6.06. The fraction of sp³-hybridized carbons (Fsp3) is 0.316. The van der Waals surface area contributed by atoms with Crippen LogP contribution in [0, 0.1) is 11.3 Å². The van der Waals surface area contributed by atoms with E-state index in [1.807, 2.05) is 24.3 Å². The van der Waals surface area contributed by atoms with Gasteiger partial charge in [0.1, 0.15) is 5.82 Å². The Morgan fingerprint density at radius 2 is 2.16 bits per heavy atom. The van der Waals surface area contributed by atoms with Crippen LogP contribution in [0.3, 0.4) is 0 Å². The molecule has 0 aromatic carbocycles. The van der Waals surface area contributed by atoms with Gasteiger partial charge in [-0.05, 0) is 42.7 Å². The van der Waals surface area contributed by atoms with Gasteiger partial charge in [-0.2, -0.15) is 0 Å². The molecule has 130 valence electrons. The Morgan fingerprint density at radius 3 is 2.80 bits per heavy atom. The third kappa shape index (κ3) is 4.56. The van der Waals surface area contributed by atoms with Crippen LogP contribution in [0.15, 0.2) is 54.6 Å². The summed E-state index contributed by atoms with van der Waals surface area (Å²) >= 11 is 0. The van der Waals surface area contributed by atoms with E-state index in [0.29, 0.717) is 18.0 Å². The van der Waals surface area contributed by atoms with Crippen molar-refractivity contribution in [3.05, 3.63) is 60.2 Å². The number of hydrogen-bond acceptors (Lipinski definition) is 6. The summed E-state index contributed by atoms with van der Waals surface area (Å²) in [7, 11) is 0. The molecule has 1 aliphatic heterocycles. The maximum atomic E-state index is 8.21. The summed E-state index contributed by atoms with van der Waals surface area (Å²) in [5.41, 5.74) is 8.69. The SMILES string of the molecule is C[C@H]1CCN(c2ccc(C(=N)/C=C(\N)CNc3ccncc3)cn2)C1. The van der Waals surface area contributed by atoms with Crippen LogP contribution in [0.2, 0.25) is 0 Å². The van der Waals surface area contributed by atoms with Crippen molar-refractivity contribution in [1.29, 1.82) is 5.41 Å². The molecule has 1 atom stereocenters. The first-order valence-corrected chi connectivity index (χ1v) is 8.51. The lowest BCUT2D eigenvalue weighted by Gasteiger charge is -2.16. The molecule has 2 aromatic heterocycles. The molecule has 1 fully saturated rings. The predicted molar refractivity (Wildman–Crippen MR) is 102 cm³/mol. The van der Waals surface area contributed by atoms with Crippen LogP contribution in [-0.2, 0) is 0 Å². The van der Waals surface area contributed by atoms with Gasteiger partial charge in [0, 0.05) is 48.6 Å². The molecule has 0 spiro atoms. The van der Waals surface area contributed by atoms with E-state index in [1.54, 1.807) is 24.7 Å². The predicted octanol–water partition coefficient (Wildman–Crippen LogP) is 2.65. The molecule has 2 aromatic rings. The number of rotatable bonds is 6. The molecule has 1 saturated heterocycles. The zero-order chi connectivity index (χ0) is 17.6. The van der Waals surface area contributed by atoms with Crippen molar-refractivity contribution in [2.45, 2.75) is 13.3 Å².